The Bertz CT molecular complexity index is 820. The summed E-state index contributed by atoms with van der Waals surface area (Å²) in [6.45, 7) is 1.57. The van der Waals surface area contributed by atoms with Gasteiger partial charge in [-0.2, -0.15) is 5.26 Å². The Kier molecular flexibility index (Phi) is 5.69. The van der Waals surface area contributed by atoms with Gasteiger partial charge in [0.2, 0.25) is 5.91 Å². The second-order valence-electron chi connectivity index (χ2n) is 6.43. The molecule has 0 N–H and O–H groups in total. The second kappa shape index (κ2) is 8.15. The molecule has 0 unspecified atom stereocenters. The zero-order valence-corrected chi connectivity index (χ0v) is 15.4. The molecule has 1 saturated heterocycles. The molecule has 3 rings (SSSR count). The van der Waals surface area contributed by atoms with Crippen molar-refractivity contribution in [2.24, 2.45) is 5.92 Å². The first-order chi connectivity index (χ1) is 12.6. The number of amides is 1. The number of hydrogen-bond acceptors (Lipinski definition) is 5. The van der Waals surface area contributed by atoms with Gasteiger partial charge in [-0.25, -0.2) is 9.97 Å². The predicted octanol–water partition coefficient (Wildman–Crippen LogP) is 3.27. The monoisotopic (exact) mass is 369 g/mol. The van der Waals surface area contributed by atoms with Crippen LogP contribution in [0.3, 0.4) is 0 Å². The van der Waals surface area contributed by atoms with Crippen molar-refractivity contribution in [3.63, 3.8) is 0 Å². The first-order valence-corrected chi connectivity index (χ1v) is 8.95. The lowest BCUT2D eigenvalue weighted by Crippen LogP contribution is -2.39. The van der Waals surface area contributed by atoms with Gasteiger partial charge in [0.15, 0.2) is 10.8 Å². The molecule has 1 aromatic carbocycles. The molecule has 0 aliphatic carbocycles. The van der Waals surface area contributed by atoms with Crippen LogP contribution in [-0.2, 0) is 4.79 Å². The van der Waals surface area contributed by atoms with E-state index in [1.54, 1.807) is 11.1 Å². The lowest BCUT2D eigenvalue weighted by Gasteiger charge is -2.33. The van der Waals surface area contributed by atoms with Gasteiger partial charge in [0.1, 0.15) is 11.9 Å². The topological polar surface area (TPSA) is 73.1 Å². The number of para-hydroxylation sites is 1. The highest BCUT2D eigenvalue weighted by atomic mass is 35.5. The van der Waals surface area contributed by atoms with Crippen molar-refractivity contribution in [1.82, 2.24) is 9.97 Å². The summed E-state index contributed by atoms with van der Waals surface area (Å²) in [5, 5.41) is 9.03. The number of hydrogen-bond donors (Lipinski definition) is 0. The third kappa shape index (κ3) is 4.12. The van der Waals surface area contributed by atoms with Crippen molar-refractivity contribution in [2.45, 2.75) is 19.3 Å². The van der Waals surface area contributed by atoms with Gasteiger partial charge in [-0.1, -0.05) is 29.8 Å². The summed E-state index contributed by atoms with van der Waals surface area (Å²) in [6.07, 6.45) is 4.04. The third-order valence-electron chi connectivity index (χ3n) is 4.65. The molecule has 1 aliphatic rings. The first kappa shape index (κ1) is 18.2. The fourth-order valence-electron chi connectivity index (χ4n) is 3.20. The number of carbonyl (C=O) groups is 1. The van der Waals surface area contributed by atoms with E-state index in [-0.39, 0.29) is 22.7 Å². The number of nitriles is 1. The van der Waals surface area contributed by atoms with Gasteiger partial charge in [-0.05, 0) is 30.9 Å². The van der Waals surface area contributed by atoms with Crippen molar-refractivity contribution in [3.8, 4) is 6.07 Å². The van der Waals surface area contributed by atoms with E-state index in [0.29, 0.717) is 12.2 Å². The van der Waals surface area contributed by atoms with Gasteiger partial charge in [0.25, 0.3) is 0 Å². The maximum atomic E-state index is 12.6. The van der Waals surface area contributed by atoms with Crippen molar-refractivity contribution >= 4 is 29.0 Å². The van der Waals surface area contributed by atoms with Crippen LogP contribution < -0.4 is 9.80 Å². The SMILES string of the molecule is CN(C(=O)C[C@@H]1CCCN(c2cnc(C#N)c(Cl)n2)C1)c1ccccc1. The summed E-state index contributed by atoms with van der Waals surface area (Å²) >= 11 is 6.00. The number of benzene rings is 1. The molecular weight excluding hydrogens is 350 g/mol. The molecule has 1 aliphatic heterocycles. The van der Waals surface area contributed by atoms with Crippen LogP contribution in [0.25, 0.3) is 0 Å². The molecule has 2 aromatic rings. The minimum absolute atomic E-state index is 0.104. The summed E-state index contributed by atoms with van der Waals surface area (Å²) in [7, 11) is 1.81. The lowest BCUT2D eigenvalue weighted by molar-refractivity contribution is -0.119. The molecule has 7 heteroatoms. The van der Waals surface area contributed by atoms with Crippen LogP contribution in [0.15, 0.2) is 36.5 Å². The van der Waals surface area contributed by atoms with Gasteiger partial charge >= 0.3 is 0 Å². The Labute approximate surface area is 158 Å². The van der Waals surface area contributed by atoms with Crippen LogP contribution in [0.5, 0.6) is 0 Å². The number of anilines is 2. The summed E-state index contributed by atoms with van der Waals surface area (Å²) in [4.78, 5) is 24.7. The number of rotatable bonds is 4. The minimum atomic E-state index is 0.104. The average Bonchev–Trinajstić information content (AvgIpc) is 2.68. The van der Waals surface area contributed by atoms with E-state index in [0.717, 1.165) is 31.6 Å². The van der Waals surface area contributed by atoms with E-state index in [1.165, 1.54) is 0 Å². The van der Waals surface area contributed by atoms with E-state index in [9.17, 15) is 4.79 Å². The van der Waals surface area contributed by atoms with Gasteiger partial charge in [0, 0.05) is 32.2 Å². The van der Waals surface area contributed by atoms with Crippen LogP contribution in [0.2, 0.25) is 5.15 Å². The molecule has 1 amide bonds. The number of nitrogens with zero attached hydrogens (tertiary/aromatic N) is 5. The average molecular weight is 370 g/mol. The first-order valence-electron chi connectivity index (χ1n) is 8.57. The summed E-state index contributed by atoms with van der Waals surface area (Å²) in [6, 6.07) is 11.6. The molecule has 1 fully saturated rings. The minimum Gasteiger partial charge on any atom is -0.355 e. The smallest absolute Gasteiger partial charge is 0.227 e. The van der Waals surface area contributed by atoms with Crippen LogP contribution in [0, 0.1) is 17.2 Å². The highest BCUT2D eigenvalue weighted by Crippen LogP contribution is 2.26. The summed E-state index contributed by atoms with van der Waals surface area (Å²) < 4.78 is 0. The van der Waals surface area contributed by atoms with E-state index >= 15 is 0 Å². The number of halogens is 1. The standard InChI is InChI=1S/C19H20ClN5O/c1-24(15-7-3-2-4-8-15)18(26)10-14-6-5-9-25(13-14)17-12-22-16(11-21)19(20)23-17/h2-4,7-8,12,14H,5-6,9-10,13H2,1H3/t14-/m0/s1. The van der Waals surface area contributed by atoms with E-state index in [2.05, 4.69) is 14.9 Å². The Hall–Kier alpha value is -2.65. The van der Waals surface area contributed by atoms with Gasteiger partial charge in [-0.15, -0.1) is 0 Å². The molecule has 6 nitrogen and oxygen atoms in total. The Morgan fingerprint density at radius 1 is 1.42 bits per heavy atom. The summed E-state index contributed by atoms with van der Waals surface area (Å²) in [5.74, 6) is 1.01. The molecule has 134 valence electrons. The Morgan fingerprint density at radius 3 is 2.88 bits per heavy atom. The maximum Gasteiger partial charge on any atom is 0.227 e. The zero-order valence-electron chi connectivity index (χ0n) is 14.6. The molecule has 1 atom stereocenters. The van der Waals surface area contributed by atoms with E-state index in [4.69, 9.17) is 16.9 Å². The zero-order chi connectivity index (χ0) is 18.5. The van der Waals surface area contributed by atoms with Crippen LogP contribution in [0.1, 0.15) is 25.0 Å². The molecular formula is C19H20ClN5O. The fraction of sp³-hybridized carbons (Fsp3) is 0.368. The lowest BCUT2D eigenvalue weighted by atomic mass is 9.94. The second-order valence-corrected chi connectivity index (χ2v) is 6.78. The normalized spacial score (nSPS) is 16.8. The van der Waals surface area contributed by atoms with Gasteiger partial charge in [-0.3, -0.25) is 4.79 Å². The molecule has 0 spiro atoms. The Balaban J connectivity index is 1.64. The van der Waals surface area contributed by atoms with Crippen molar-refractivity contribution in [1.29, 1.82) is 5.26 Å². The molecule has 2 heterocycles. The highest BCUT2D eigenvalue weighted by molar-refractivity contribution is 6.30. The molecule has 0 saturated carbocycles. The van der Waals surface area contributed by atoms with Crippen LogP contribution in [0.4, 0.5) is 11.5 Å². The third-order valence-corrected chi connectivity index (χ3v) is 4.91. The van der Waals surface area contributed by atoms with Gasteiger partial charge < -0.3 is 9.80 Å². The molecule has 0 bridgehead atoms. The van der Waals surface area contributed by atoms with Crippen LogP contribution in [-0.4, -0.2) is 36.0 Å². The fourth-order valence-corrected chi connectivity index (χ4v) is 3.38. The number of carbonyl (C=O) groups excluding carboxylic acids is 1. The molecule has 26 heavy (non-hydrogen) atoms. The van der Waals surface area contributed by atoms with Crippen molar-refractivity contribution < 1.29 is 4.79 Å². The largest absolute Gasteiger partial charge is 0.355 e. The van der Waals surface area contributed by atoms with E-state index < -0.39 is 0 Å². The molecule has 0 radical (unpaired) electrons. The maximum absolute atomic E-state index is 12.6. The molecule has 1 aromatic heterocycles. The quantitative estimate of drug-likeness (QED) is 0.826. The van der Waals surface area contributed by atoms with E-state index in [1.807, 2.05) is 43.4 Å². The van der Waals surface area contributed by atoms with Gasteiger partial charge in [0.05, 0.1) is 6.20 Å². The van der Waals surface area contributed by atoms with Crippen LogP contribution >= 0.6 is 11.6 Å². The van der Waals surface area contributed by atoms with Crippen molar-refractivity contribution in [3.05, 3.63) is 47.4 Å². The number of piperidine rings is 1. The summed E-state index contributed by atoms with van der Waals surface area (Å²) in [5.41, 5.74) is 1.03. The number of aromatic nitrogens is 2. The highest BCUT2D eigenvalue weighted by Gasteiger charge is 2.25. The Morgan fingerprint density at radius 2 is 2.19 bits per heavy atom. The predicted molar refractivity (Wildman–Crippen MR) is 101 cm³/mol. The van der Waals surface area contributed by atoms with Crippen molar-refractivity contribution in [2.75, 3.05) is 29.9 Å².